The summed E-state index contributed by atoms with van der Waals surface area (Å²) in [6.45, 7) is 4.20. The summed E-state index contributed by atoms with van der Waals surface area (Å²) < 4.78 is 0. The van der Waals surface area contributed by atoms with E-state index in [0.717, 1.165) is 10.5 Å². The molecule has 3 heteroatoms. The Hall–Kier alpha value is -0.830. The maximum Gasteiger partial charge on any atom is 0.0985 e. The number of thiol groups is 1. The first-order valence-electron chi connectivity index (χ1n) is 3.86. The minimum absolute atomic E-state index is 0.430. The predicted molar refractivity (Wildman–Crippen MR) is 52.6 cm³/mol. The van der Waals surface area contributed by atoms with E-state index in [1.54, 1.807) is 6.07 Å². The number of rotatable bonds is 2. The lowest BCUT2D eigenvalue weighted by atomic mass is 10.0. The largest absolute Gasteiger partial charge is 0.204 e. The second kappa shape index (κ2) is 3.72. The molecule has 0 spiro atoms. The number of nitrogens with zero attached hydrogens (tertiary/aromatic N) is 1. The number of hydrogen-bond acceptors (Lipinski definition) is 3. The molecule has 1 aromatic rings. The quantitative estimate of drug-likeness (QED) is 0.513. The molecule has 0 amide bonds. The van der Waals surface area contributed by atoms with Crippen LogP contribution >= 0.6 is 12.6 Å². The lowest BCUT2D eigenvalue weighted by Crippen LogP contribution is -1.88. The fourth-order valence-electron chi connectivity index (χ4n) is 1.10. The van der Waals surface area contributed by atoms with Gasteiger partial charge in [0, 0.05) is 4.90 Å². The first-order chi connectivity index (χ1) is 5.66. The van der Waals surface area contributed by atoms with Crippen molar-refractivity contribution in [2.75, 3.05) is 0 Å². The minimum Gasteiger partial charge on any atom is -0.204 e. The average molecular weight is 180 g/mol. The van der Waals surface area contributed by atoms with Crippen molar-refractivity contribution in [2.45, 2.75) is 24.7 Å². The van der Waals surface area contributed by atoms with Crippen LogP contribution in [0.5, 0.6) is 0 Å². The third kappa shape index (κ3) is 1.67. The van der Waals surface area contributed by atoms with Crippen molar-refractivity contribution in [3.63, 3.8) is 0 Å². The fraction of sp³-hybridized carbons (Fsp3) is 0.333. The van der Waals surface area contributed by atoms with Crippen LogP contribution in [0.2, 0.25) is 0 Å². The van der Waals surface area contributed by atoms with Crippen LogP contribution in [0.1, 0.15) is 25.3 Å². The molecule has 0 radical (unpaired) electrons. The molecule has 0 atom stereocenters. The van der Waals surface area contributed by atoms with Gasteiger partial charge in [0.1, 0.15) is 0 Å². The third-order valence-corrected chi connectivity index (χ3v) is 2.28. The van der Waals surface area contributed by atoms with Crippen molar-refractivity contribution in [2.24, 2.45) is 5.11 Å². The first-order valence-corrected chi connectivity index (χ1v) is 4.31. The zero-order valence-corrected chi connectivity index (χ0v) is 8.10. The Bertz CT molecular complexity index is 295. The van der Waals surface area contributed by atoms with Gasteiger partial charge in [-0.3, -0.25) is 0 Å². The molecule has 0 aliphatic carbocycles. The molecule has 1 rings (SSSR count). The molecule has 64 valence electrons. The minimum atomic E-state index is 0.430. The van der Waals surface area contributed by atoms with E-state index in [1.807, 2.05) is 12.1 Å². The Morgan fingerprint density at radius 2 is 2.08 bits per heavy atom. The molecule has 0 saturated heterocycles. The van der Waals surface area contributed by atoms with Crippen LogP contribution in [-0.2, 0) is 0 Å². The van der Waals surface area contributed by atoms with Gasteiger partial charge in [0.2, 0.25) is 0 Å². The van der Waals surface area contributed by atoms with Crippen molar-refractivity contribution in [1.29, 1.82) is 5.53 Å². The Morgan fingerprint density at radius 1 is 1.42 bits per heavy atom. The van der Waals surface area contributed by atoms with Gasteiger partial charge in [-0.1, -0.05) is 26.0 Å². The van der Waals surface area contributed by atoms with E-state index in [2.05, 4.69) is 31.6 Å². The molecule has 12 heavy (non-hydrogen) atoms. The average Bonchev–Trinajstić information content (AvgIpc) is 2.04. The van der Waals surface area contributed by atoms with Gasteiger partial charge in [0.05, 0.1) is 5.69 Å². The zero-order valence-electron chi connectivity index (χ0n) is 7.20. The highest BCUT2D eigenvalue weighted by molar-refractivity contribution is 7.80. The Balaban J connectivity index is 3.22. The molecule has 1 N–H and O–H groups in total. The van der Waals surface area contributed by atoms with Gasteiger partial charge in [-0.25, -0.2) is 5.53 Å². The lowest BCUT2D eigenvalue weighted by Gasteiger charge is -2.09. The van der Waals surface area contributed by atoms with Crippen molar-refractivity contribution in [3.8, 4) is 0 Å². The molecular weight excluding hydrogens is 168 g/mol. The maximum absolute atomic E-state index is 6.90. The molecule has 0 saturated carbocycles. The number of hydrogen-bond donors (Lipinski definition) is 2. The molecule has 1 aromatic carbocycles. The molecule has 0 unspecified atom stereocenters. The second-order valence-corrected chi connectivity index (χ2v) is 3.43. The molecule has 2 nitrogen and oxygen atoms in total. The van der Waals surface area contributed by atoms with Crippen LogP contribution in [0.25, 0.3) is 0 Å². The highest BCUT2D eigenvalue weighted by atomic mass is 32.1. The summed E-state index contributed by atoms with van der Waals surface area (Å²) in [4.78, 5) is 0.822. The van der Waals surface area contributed by atoms with E-state index in [-0.39, 0.29) is 0 Å². The van der Waals surface area contributed by atoms with E-state index in [0.29, 0.717) is 11.6 Å². The van der Waals surface area contributed by atoms with Crippen LogP contribution in [0.15, 0.2) is 28.2 Å². The summed E-state index contributed by atoms with van der Waals surface area (Å²) in [5.41, 5.74) is 8.69. The van der Waals surface area contributed by atoms with Crippen LogP contribution in [0.3, 0.4) is 0 Å². The van der Waals surface area contributed by atoms with E-state index in [9.17, 15) is 0 Å². The summed E-state index contributed by atoms with van der Waals surface area (Å²) in [7, 11) is 0. The van der Waals surface area contributed by atoms with Crippen molar-refractivity contribution < 1.29 is 0 Å². The van der Waals surface area contributed by atoms with Crippen LogP contribution in [-0.4, -0.2) is 0 Å². The summed E-state index contributed by atoms with van der Waals surface area (Å²) >= 11 is 4.32. The summed E-state index contributed by atoms with van der Waals surface area (Å²) in [5, 5.41) is 3.39. The van der Waals surface area contributed by atoms with Gasteiger partial charge < -0.3 is 0 Å². The molecular formula is C9H12N2S. The smallest absolute Gasteiger partial charge is 0.0985 e. The van der Waals surface area contributed by atoms with Crippen LogP contribution in [0, 0.1) is 5.53 Å². The number of benzene rings is 1. The monoisotopic (exact) mass is 180 g/mol. The van der Waals surface area contributed by atoms with Crippen molar-refractivity contribution in [3.05, 3.63) is 23.8 Å². The molecule has 0 aromatic heterocycles. The zero-order chi connectivity index (χ0) is 9.14. The standard InChI is InChI=1S/C9H12N2S/c1-6(2)7-4-3-5-8(11-10)9(7)12/h3-6,10,12H,1-2H3. The van der Waals surface area contributed by atoms with Crippen LogP contribution < -0.4 is 0 Å². The predicted octanol–water partition coefficient (Wildman–Crippen LogP) is 3.76. The highest BCUT2D eigenvalue weighted by Gasteiger charge is 2.06. The molecule has 0 aliphatic rings. The topological polar surface area (TPSA) is 36.2 Å². The van der Waals surface area contributed by atoms with Crippen LogP contribution in [0.4, 0.5) is 5.69 Å². The highest BCUT2D eigenvalue weighted by Crippen LogP contribution is 2.30. The normalized spacial score (nSPS) is 10.3. The van der Waals surface area contributed by atoms with Gasteiger partial charge in [-0.05, 0) is 17.5 Å². The van der Waals surface area contributed by atoms with E-state index in [1.165, 1.54) is 0 Å². The third-order valence-electron chi connectivity index (χ3n) is 1.79. The molecule has 0 fully saturated rings. The van der Waals surface area contributed by atoms with E-state index in [4.69, 9.17) is 5.53 Å². The Labute approximate surface area is 77.9 Å². The van der Waals surface area contributed by atoms with Gasteiger partial charge in [0.25, 0.3) is 0 Å². The SMILES string of the molecule is CC(C)c1cccc(N=N)c1S. The number of nitrogens with one attached hydrogen (secondary N) is 1. The van der Waals surface area contributed by atoms with Gasteiger partial charge in [-0.15, -0.1) is 12.6 Å². The van der Waals surface area contributed by atoms with Gasteiger partial charge in [-0.2, -0.15) is 5.11 Å². The second-order valence-electron chi connectivity index (χ2n) is 2.98. The molecule has 0 bridgehead atoms. The Kier molecular flexibility index (Phi) is 2.87. The van der Waals surface area contributed by atoms with Crippen molar-refractivity contribution in [1.82, 2.24) is 0 Å². The van der Waals surface area contributed by atoms with Gasteiger partial charge in [0.15, 0.2) is 0 Å². The maximum atomic E-state index is 6.90. The lowest BCUT2D eigenvalue weighted by molar-refractivity contribution is 0.841. The Morgan fingerprint density at radius 3 is 2.58 bits per heavy atom. The van der Waals surface area contributed by atoms with Gasteiger partial charge >= 0.3 is 0 Å². The van der Waals surface area contributed by atoms with E-state index >= 15 is 0 Å². The summed E-state index contributed by atoms with van der Waals surface area (Å²) in [6.07, 6.45) is 0. The molecule has 0 aliphatic heterocycles. The van der Waals surface area contributed by atoms with Crippen molar-refractivity contribution >= 4 is 18.3 Å². The summed E-state index contributed by atoms with van der Waals surface area (Å²) in [6, 6.07) is 5.71. The first kappa shape index (κ1) is 9.26. The summed E-state index contributed by atoms with van der Waals surface area (Å²) in [5.74, 6) is 0.430. The van der Waals surface area contributed by atoms with E-state index < -0.39 is 0 Å². The fourth-order valence-corrected chi connectivity index (χ4v) is 1.56. The molecule has 0 heterocycles.